The van der Waals surface area contributed by atoms with E-state index in [1.807, 2.05) is 0 Å². The normalized spacial score (nSPS) is 12.3. The zero-order valence-corrected chi connectivity index (χ0v) is 17.5. The average Bonchev–Trinajstić information content (AvgIpc) is 2.68. The number of carbonyl (C=O) groups is 1. The minimum Gasteiger partial charge on any atom is -0.337 e. The minimum atomic E-state index is -4.46. The molecule has 10 heteroatoms. The molecule has 0 saturated heterocycles. The Kier molecular flexibility index (Phi) is 7.25. The first-order valence-electron chi connectivity index (χ1n) is 9.13. The van der Waals surface area contributed by atoms with E-state index in [9.17, 15) is 30.8 Å². The third-order valence-corrected chi connectivity index (χ3v) is 6.61. The molecule has 164 valence electrons. The van der Waals surface area contributed by atoms with Gasteiger partial charge in [-0.15, -0.1) is 0 Å². The molecule has 0 radical (unpaired) electrons. The molecule has 0 aliphatic heterocycles. The van der Waals surface area contributed by atoms with Crippen molar-refractivity contribution in [3.63, 3.8) is 0 Å². The zero-order valence-electron chi connectivity index (χ0n) is 16.7. The maximum Gasteiger partial charge on any atom is 0.416 e. The quantitative estimate of drug-likeness (QED) is 0.601. The van der Waals surface area contributed by atoms with E-state index >= 15 is 0 Å². The maximum absolute atomic E-state index is 14.2. The second kappa shape index (κ2) is 9.13. The number of carbonyl (C=O) groups excluding carboxylic acids is 1. The van der Waals surface area contributed by atoms with Crippen LogP contribution in [0.4, 0.5) is 17.6 Å². The lowest BCUT2D eigenvalue weighted by Crippen LogP contribution is -2.32. The first-order valence-corrected chi connectivity index (χ1v) is 10.6. The Morgan fingerprint density at radius 2 is 1.57 bits per heavy atom. The van der Waals surface area contributed by atoms with Crippen molar-refractivity contribution < 1.29 is 30.8 Å². The van der Waals surface area contributed by atoms with Crippen molar-refractivity contribution in [3.05, 3.63) is 65.0 Å². The van der Waals surface area contributed by atoms with Crippen LogP contribution in [0.3, 0.4) is 0 Å². The molecule has 1 amide bonds. The zero-order chi connectivity index (χ0) is 22.7. The van der Waals surface area contributed by atoms with Gasteiger partial charge in [0.2, 0.25) is 10.0 Å². The van der Waals surface area contributed by atoms with E-state index in [1.165, 1.54) is 30.1 Å². The molecule has 2 aromatic carbocycles. The second-order valence-corrected chi connectivity index (χ2v) is 8.50. The Bertz CT molecular complexity index is 1000. The summed E-state index contributed by atoms with van der Waals surface area (Å²) in [5.41, 5.74) is -0.390. The summed E-state index contributed by atoms with van der Waals surface area (Å²) in [6.07, 6.45) is -4.46. The van der Waals surface area contributed by atoms with Gasteiger partial charge in [0.1, 0.15) is 10.7 Å². The van der Waals surface area contributed by atoms with E-state index in [4.69, 9.17) is 0 Å². The number of sulfonamides is 1. The monoisotopic (exact) mass is 446 g/mol. The molecule has 0 spiro atoms. The van der Waals surface area contributed by atoms with Crippen LogP contribution in [-0.2, 0) is 22.7 Å². The van der Waals surface area contributed by atoms with Gasteiger partial charge >= 0.3 is 6.18 Å². The SMILES string of the molecule is CCN(CC)S(=O)(=O)c1cc(C(=O)N(C)Cc2ccc(C(F)(F)F)cc2)ccc1F. The first-order chi connectivity index (χ1) is 13.9. The highest BCUT2D eigenvalue weighted by Gasteiger charge is 2.30. The van der Waals surface area contributed by atoms with Crippen LogP contribution in [-0.4, -0.2) is 43.7 Å². The Labute approximate surface area is 173 Å². The molecule has 0 atom stereocenters. The molecule has 2 rings (SSSR count). The van der Waals surface area contributed by atoms with E-state index in [2.05, 4.69) is 0 Å². The van der Waals surface area contributed by atoms with Crippen LogP contribution in [0.1, 0.15) is 35.3 Å². The van der Waals surface area contributed by atoms with Crippen LogP contribution in [0.25, 0.3) is 0 Å². The van der Waals surface area contributed by atoms with Crippen LogP contribution in [0.15, 0.2) is 47.4 Å². The van der Waals surface area contributed by atoms with Gasteiger partial charge < -0.3 is 4.90 Å². The Morgan fingerprint density at radius 1 is 1.00 bits per heavy atom. The van der Waals surface area contributed by atoms with Gasteiger partial charge in [0.15, 0.2) is 0 Å². The number of alkyl halides is 3. The van der Waals surface area contributed by atoms with Crippen LogP contribution in [0.2, 0.25) is 0 Å². The molecular formula is C20H22F4N2O3S. The van der Waals surface area contributed by atoms with Crippen molar-refractivity contribution in [1.29, 1.82) is 0 Å². The molecule has 0 fully saturated rings. The van der Waals surface area contributed by atoms with Crippen molar-refractivity contribution in [2.45, 2.75) is 31.5 Å². The van der Waals surface area contributed by atoms with Gasteiger partial charge in [-0.05, 0) is 35.9 Å². The lowest BCUT2D eigenvalue weighted by atomic mass is 10.1. The molecule has 0 saturated carbocycles. The fraction of sp³-hybridized carbons (Fsp3) is 0.350. The summed E-state index contributed by atoms with van der Waals surface area (Å²) in [6, 6.07) is 7.41. The van der Waals surface area contributed by atoms with Gasteiger partial charge in [0, 0.05) is 32.2 Å². The van der Waals surface area contributed by atoms with Gasteiger partial charge in [-0.1, -0.05) is 26.0 Å². The smallest absolute Gasteiger partial charge is 0.337 e. The van der Waals surface area contributed by atoms with E-state index in [0.29, 0.717) is 5.56 Å². The molecule has 0 unspecified atom stereocenters. The number of rotatable bonds is 7. The van der Waals surface area contributed by atoms with Crippen molar-refractivity contribution in [2.75, 3.05) is 20.1 Å². The Balaban J connectivity index is 2.26. The fourth-order valence-corrected chi connectivity index (χ4v) is 4.45. The molecule has 0 aliphatic rings. The van der Waals surface area contributed by atoms with Crippen molar-refractivity contribution in [2.24, 2.45) is 0 Å². The van der Waals surface area contributed by atoms with Gasteiger partial charge in [-0.25, -0.2) is 12.8 Å². The average molecular weight is 446 g/mol. The first kappa shape index (κ1) is 23.8. The molecule has 0 heterocycles. The number of benzene rings is 2. The molecule has 0 N–H and O–H groups in total. The lowest BCUT2D eigenvalue weighted by molar-refractivity contribution is -0.137. The fourth-order valence-electron chi connectivity index (χ4n) is 2.90. The summed E-state index contributed by atoms with van der Waals surface area (Å²) < 4.78 is 78.5. The predicted molar refractivity (Wildman–Crippen MR) is 104 cm³/mol. The van der Waals surface area contributed by atoms with Gasteiger partial charge in [0.05, 0.1) is 5.56 Å². The largest absolute Gasteiger partial charge is 0.416 e. The number of amides is 1. The highest BCUT2D eigenvalue weighted by molar-refractivity contribution is 7.89. The lowest BCUT2D eigenvalue weighted by Gasteiger charge is -2.21. The van der Waals surface area contributed by atoms with Crippen LogP contribution >= 0.6 is 0 Å². The number of nitrogens with zero attached hydrogens (tertiary/aromatic N) is 2. The summed E-state index contributed by atoms with van der Waals surface area (Å²) >= 11 is 0. The molecule has 0 aromatic heterocycles. The topological polar surface area (TPSA) is 57.7 Å². The summed E-state index contributed by atoms with van der Waals surface area (Å²) in [4.78, 5) is 13.3. The molecule has 30 heavy (non-hydrogen) atoms. The Morgan fingerprint density at radius 3 is 2.07 bits per heavy atom. The van der Waals surface area contributed by atoms with Crippen LogP contribution in [0, 0.1) is 5.82 Å². The van der Waals surface area contributed by atoms with Crippen molar-refractivity contribution in [1.82, 2.24) is 9.21 Å². The van der Waals surface area contributed by atoms with Gasteiger partial charge in [0.25, 0.3) is 5.91 Å². The molecule has 0 aliphatic carbocycles. The summed E-state index contributed by atoms with van der Waals surface area (Å²) in [5, 5.41) is 0. The second-order valence-electron chi connectivity index (χ2n) is 6.59. The van der Waals surface area contributed by atoms with E-state index in [1.54, 1.807) is 13.8 Å². The van der Waals surface area contributed by atoms with E-state index < -0.39 is 38.4 Å². The third-order valence-electron chi connectivity index (χ3n) is 4.55. The third kappa shape index (κ3) is 5.17. The highest BCUT2D eigenvalue weighted by atomic mass is 32.2. The van der Waals surface area contributed by atoms with Gasteiger partial charge in [-0.3, -0.25) is 4.79 Å². The van der Waals surface area contributed by atoms with Gasteiger partial charge in [-0.2, -0.15) is 17.5 Å². The summed E-state index contributed by atoms with van der Waals surface area (Å²) in [5.74, 6) is -1.56. The Hall–Kier alpha value is -2.46. The standard InChI is InChI=1S/C20H22F4N2O3S/c1-4-26(5-2)30(28,29)18-12-15(8-11-17(18)21)19(27)25(3)13-14-6-9-16(10-7-14)20(22,23)24/h6-12H,4-5,13H2,1-3H3. The predicted octanol–water partition coefficient (Wildman–Crippen LogP) is 4.15. The number of halogens is 4. The highest BCUT2D eigenvalue weighted by Crippen LogP contribution is 2.29. The molecule has 2 aromatic rings. The number of hydrogen-bond acceptors (Lipinski definition) is 3. The van der Waals surface area contributed by atoms with Crippen LogP contribution in [0.5, 0.6) is 0 Å². The van der Waals surface area contributed by atoms with Crippen LogP contribution < -0.4 is 0 Å². The minimum absolute atomic E-state index is 0.00747. The molecule has 5 nitrogen and oxygen atoms in total. The molecular weight excluding hydrogens is 424 g/mol. The molecule has 0 bridgehead atoms. The summed E-state index contributed by atoms with van der Waals surface area (Å²) in [6.45, 7) is 3.51. The van der Waals surface area contributed by atoms with E-state index in [0.717, 1.165) is 28.6 Å². The van der Waals surface area contributed by atoms with Crippen molar-refractivity contribution >= 4 is 15.9 Å². The summed E-state index contributed by atoms with van der Waals surface area (Å²) in [7, 11) is -2.69. The number of hydrogen-bond donors (Lipinski definition) is 0. The van der Waals surface area contributed by atoms with Crippen molar-refractivity contribution in [3.8, 4) is 0 Å². The maximum atomic E-state index is 14.2. The van der Waals surface area contributed by atoms with E-state index in [-0.39, 0.29) is 25.2 Å².